The summed E-state index contributed by atoms with van der Waals surface area (Å²) in [5.74, 6) is 0. The van der Waals surface area contributed by atoms with Gasteiger partial charge in [0.15, 0.2) is 0 Å². The van der Waals surface area contributed by atoms with E-state index in [-0.39, 0.29) is 11.3 Å². The van der Waals surface area contributed by atoms with Gasteiger partial charge in [0.2, 0.25) is 0 Å². The number of hydrogen-bond acceptors (Lipinski definition) is 5. The molecule has 0 saturated heterocycles. The molecule has 0 atom stereocenters. The van der Waals surface area contributed by atoms with Crippen molar-refractivity contribution in [3.05, 3.63) is 33.9 Å². The van der Waals surface area contributed by atoms with E-state index in [1.54, 1.807) is 6.07 Å². The number of anilines is 1. The third-order valence-electron chi connectivity index (χ3n) is 2.20. The minimum Gasteiger partial charge on any atom is -0.384 e. The zero-order valence-corrected chi connectivity index (χ0v) is 9.80. The molecule has 0 saturated carbocycles. The molecule has 1 rings (SSSR count). The summed E-state index contributed by atoms with van der Waals surface area (Å²) in [7, 11) is 3.91. The van der Waals surface area contributed by atoms with Crippen molar-refractivity contribution in [2.45, 2.75) is 0 Å². The number of nitrogens with one attached hydrogen (secondary N) is 1. The first-order valence-electron chi connectivity index (χ1n) is 5.11. The van der Waals surface area contributed by atoms with Crippen LogP contribution in [-0.4, -0.2) is 37.0 Å². The molecule has 90 valence electrons. The molecule has 0 amide bonds. The Kier molecular flexibility index (Phi) is 4.43. The van der Waals surface area contributed by atoms with Crippen molar-refractivity contribution in [1.29, 1.82) is 5.26 Å². The average Bonchev–Trinajstić information content (AvgIpc) is 2.28. The molecule has 0 bridgehead atoms. The highest BCUT2D eigenvalue weighted by Crippen LogP contribution is 2.21. The number of likely N-dealkylation sites (N-methyl/N-ethyl adjacent to an activating group) is 1. The fourth-order valence-corrected chi connectivity index (χ4v) is 1.32. The van der Waals surface area contributed by atoms with E-state index in [9.17, 15) is 10.1 Å². The quantitative estimate of drug-likeness (QED) is 0.615. The van der Waals surface area contributed by atoms with Gasteiger partial charge in [-0.15, -0.1) is 0 Å². The average molecular weight is 234 g/mol. The molecule has 0 aliphatic heterocycles. The summed E-state index contributed by atoms with van der Waals surface area (Å²) in [6.45, 7) is 1.56. The Labute approximate surface area is 99.6 Å². The van der Waals surface area contributed by atoms with E-state index in [1.807, 2.05) is 25.1 Å². The van der Waals surface area contributed by atoms with Crippen molar-refractivity contribution in [2.75, 3.05) is 32.5 Å². The predicted molar refractivity (Wildman–Crippen MR) is 64.9 cm³/mol. The molecule has 0 aliphatic rings. The number of nitrogens with zero attached hydrogens (tertiary/aromatic N) is 3. The lowest BCUT2D eigenvalue weighted by molar-refractivity contribution is -0.385. The molecule has 1 aromatic rings. The van der Waals surface area contributed by atoms with E-state index in [1.165, 1.54) is 12.1 Å². The lowest BCUT2D eigenvalue weighted by Crippen LogP contribution is -2.20. The minimum atomic E-state index is -0.553. The number of nitriles is 1. The summed E-state index contributed by atoms with van der Waals surface area (Å²) in [5.41, 5.74) is 0.629. The maximum atomic E-state index is 10.6. The first-order chi connectivity index (χ1) is 8.04. The Hall–Kier alpha value is -2.13. The fraction of sp³-hybridized carbons (Fsp3) is 0.364. The molecule has 1 aromatic carbocycles. The molecular formula is C11H14N4O2. The number of nitro groups is 1. The van der Waals surface area contributed by atoms with Crippen molar-refractivity contribution < 1.29 is 4.92 Å². The molecule has 0 aromatic heterocycles. The topological polar surface area (TPSA) is 82.2 Å². The highest BCUT2D eigenvalue weighted by atomic mass is 16.6. The number of rotatable bonds is 5. The van der Waals surface area contributed by atoms with Gasteiger partial charge in [-0.1, -0.05) is 0 Å². The van der Waals surface area contributed by atoms with Crippen LogP contribution in [0.3, 0.4) is 0 Å². The zero-order valence-electron chi connectivity index (χ0n) is 9.80. The summed E-state index contributed by atoms with van der Waals surface area (Å²) in [5, 5.41) is 22.5. The first-order valence-corrected chi connectivity index (χ1v) is 5.11. The highest BCUT2D eigenvalue weighted by Gasteiger charge is 2.13. The Balaban J connectivity index is 2.77. The van der Waals surface area contributed by atoms with Gasteiger partial charge in [0.25, 0.3) is 5.69 Å². The van der Waals surface area contributed by atoms with Crippen LogP contribution in [-0.2, 0) is 0 Å². The van der Waals surface area contributed by atoms with E-state index >= 15 is 0 Å². The first kappa shape index (κ1) is 12.9. The van der Waals surface area contributed by atoms with Crippen molar-refractivity contribution in [1.82, 2.24) is 4.90 Å². The van der Waals surface area contributed by atoms with Gasteiger partial charge in [0, 0.05) is 24.8 Å². The molecule has 1 N–H and O–H groups in total. The van der Waals surface area contributed by atoms with Gasteiger partial charge in [-0.2, -0.15) is 5.26 Å². The Morgan fingerprint density at radius 3 is 2.76 bits per heavy atom. The van der Waals surface area contributed by atoms with Gasteiger partial charge in [-0.25, -0.2) is 0 Å². The van der Waals surface area contributed by atoms with Crippen LogP contribution >= 0.6 is 0 Å². The summed E-state index contributed by atoms with van der Waals surface area (Å²) < 4.78 is 0. The lowest BCUT2D eigenvalue weighted by atomic mass is 10.2. The maximum absolute atomic E-state index is 10.6. The summed E-state index contributed by atoms with van der Waals surface area (Å²) >= 11 is 0. The molecule has 6 heteroatoms. The number of benzene rings is 1. The van der Waals surface area contributed by atoms with Crippen molar-refractivity contribution in [3.63, 3.8) is 0 Å². The molecule has 0 unspecified atom stereocenters. The van der Waals surface area contributed by atoms with Gasteiger partial charge < -0.3 is 10.2 Å². The lowest BCUT2D eigenvalue weighted by Gasteiger charge is -2.11. The Morgan fingerprint density at radius 1 is 1.53 bits per heavy atom. The Bertz CT molecular complexity index is 451. The number of hydrogen-bond donors (Lipinski definition) is 1. The van der Waals surface area contributed by atoms with Crippen molar-refractivity contribution in [2.24, 2.45) is 0 Å². The second-order valence-electron chi connectivity index (χ2n) is 3.83. The van der Waals surface area contributed by atoms with Gasteiger partial charge >= 0.3 is 0 Å². The number of nitro benzene ring substituents is 1. The predicted octanol–water partition coefficient (Wildman–Crippen LogP) is 1.44. The van der Waals surface area contributed by atoms with Crippen LogP contribution in [0.5, 0.6) is 0 Å². The summed E-state index contributed by atoms with van der Waals surface area (Å²) in [6, 6.07) is 6.27. The van der Waals surface area contributed by atoms with E-state index in [2.05, 4.69) is 5.32 Å². The molecular weight excluding hydrogens is 220 g/mol. The summed E-state index contributed by atoms with van der Waals surface area (Å²) in [6.07, 6.45) is 0. The fourth-order valence-electron chi connectivity index (χ4n) is 1.32. The zero-order chi connectivity index (χ0) is 12.8. The van der Waals surface area contributed by atoms with Crippen LogP contribution in [0.25, 0.3) is 0 Å². The van der Waals surface area contributed by atoms with E-state index in [0.29, 0.717) is 5.69 Å². The molecule has 0 spiro atoms. The Morgan fingerprint density at radius 2 is 2.24 bits per heavy atom. The maximum Gasteiger partial charge on any atom is 0.287 e. The van der Waals surface area contributed by atoms with Crippen molar-refractivity contribution >= 4 is 11.4 Å². The largest absolute Gasteiger partial charge is 0.384 e. The molecule has 0 radical (unpaired) electrons. The smallest absolute Gasteiger partial charge is 0.287 e. The second kappa shape index (κ2) is 5.82. The molecule has 6 nitrogen and oxygen atoms in total. The van der Waals surface area contributed by atoms with Crippen molar-refractivity contribution in [3.8, 4) is 6.07 Å². The molecule has 0 fully saturated rings. The third kappa shape index (κ3) is 3.74. The highest BCUT2D eigenvalue weighted by molar-refractivity contribution is 5.58. The minimum absolute atomic E-state index is 0.0739. The molecule has 0 aliphatic carbocycles. The van der Waals surface area contributed by atoms with E-state index in [0.717, 1.165) is 13.1 Å². The SMILES string of the molecule is CN(C)CCNc1ccc([N+](=O)[O-])c(C#N)c1. The van der Waals surface area contributed by atoms with Crippen LogP contribution in [0, 0.1) is 21.4 Å². The van der Waals surface area contributed by atoms with Gasteiger partial charge in [0.05, 0.1) is 4.92 Å². The summed E-state index contributed by atoms with van der Waals surface area (Å²) in [4.78, 5) is 12.1. The monoisotopic (exact) mass is 234 g/mol. The van der Waals surface area contributed by atoms with Crippen LogP contribution in [0.15, 0.2) is 18.2 Å². The van der Waals surface area contributed by atoms with Crippen LogP contribution in [0.1, 0.15) is 5.56 Å². The molecule has 0 heterocycles. The van der Waals surface area contributed by atoms with Crippen LogP contribution < -0.4 is 5.32 Å². The van der Waals surface area contributed by atoms with Gasteiger partial charge in [0.1, 0.15) is 11.6 Å². The van der Waals surface area contributed by atoms with Gasteiger partial charge in [-0.3, -0.25) is 10.1 Å². The van der Waals surface area contributed by atoms with Crippen LogP contribution in [0.2, 0.25) is 0 Å². The van der Waals surface area contributed by atoms with Crippen LogP contribution in [0.4, 0.5) is 11.4 Å². The third-order valence-corrected chi connectivity index (χ3v) is 2.20. The van der Waals surface area contributed by atoms with E-state index < -0.39 is 4.92 Å². The normalized spacial score (nSPS) is 10.0. The molecule has 17 heavy (non-hydrogen) atoms. The second-order valence-corrected chi connectivity index (χ2v) is 3.83. The standard InChI is InChI=1S/C11H14N4O2/c1-14(2)6-5-13-10-3-4-11(15(16)17)9(7-10)8-12/h3-4,7,13H,5-6H2,1-2H3. The van der Waals surface area contributed by atoms with E-state index in [4.69, 9.17) is 5.26 Å². The van der Waals surface area contributed by atoms with Gasteiger partial charge in [-0.05, 0) is 26.2 Å².